The summed E-state index contributed by atoms with van der Waals surface area (Å²) in [5.74, 6) is -1.28. The average molecular weight is 273 g/mol. The normalized spacial score (nSPS) is 28.1. The molecule has 2 rings (SSSR count). The first-order valence-corrected chi connectivity index (χ1v) is 6.01. The largest absolute Gasteiger partial charge is 0.394 e. The summed E-state index contributed by atoms with van der Waals surface area (Å²) in [6.07, 6.45) is -0.0102. The third-order valence-corrected chi connectivity index (χ3v) is 3.14. The van der Waals surface area contributed by atoms with Crippen LogP contribution in [-0.4, -0.2) is 38.6 Å². The van der Waals surface area contributed by atoms with Gasteiger partial charge in [-0.1, -0.05) is 0 Å². The molecule has 0 radical (unpaired) electrons. The second kappa shape index (κ2) is 5.64. The maximum atomic E-state index is 13.4. The van der Waals surface area contributed by atoms with Gasteiger partial charge in [-0.3, -0.25) is 4.57 Å². The maximum Gasteiger partial charge on any atom is 0.351 e. The predicted molar refractivity (Wildman–Crippen MR) is 63.7 cm³/mol. The lowest BCUT2D eigenvalue weighted by Gasteiger charge is -2.23. The number of ether oxygens (including phenoxy) is 1. The van der Waals surface area contributed by atoms with Crippen LogP contribution >= 0.6 is 0 Å². The Morgan fingerprint density at radius 3 is 3.00 bits per heavy atom. The molecule has 1 aliphatic rings. The van der Waals surface area contributed by atoms with Gasteiger partial charge in [-0.2, -0.15) is 4.98 Å². The molecule has 106 valence electrons. The zero-order valence-corrected chi connectivity index (χ0v) is 10.2. The van der Waals surface area contributed by atoms with Crippen LogP contribution in [0.5, 0.6) is 0 Å². The van der Waals surface area contributed by atoms with Crippen molar-refractivity contribution in [2.24, 2.45) is 0 Å². The molecule has 1 aromatic heterocycles. The van der Waals surface area contributed by atoms with Crippen LogP contribution in [0.25, 0.3) is 0 Å². The minimum Gasteiger partial charge on any atom is -0.394 e. The average Bonchev–Trinajstić information content (AvgIpc) is 2.55. The maximum absolute atomic E-state index is 13.4. The number of nitrogens with zero attached hydrogens (tertiary/aromatic N) is 2. The molecule has 8 heteroatoms. The van der Waals surface area contributed by atoms with E-state index in [2.05, 4.69) is 4.98 Å². The lowest BCUT2D eigenvalue weighted by atomic mass is 10.1. The topological polar surface area (TPSA) is 111 Å². The fraction of sp³-hybridized carbons (Fsp3) is 0.636. The second-order valence-electron chi connectivity index (χ2n) is 4.47. The minimum atomic E-state index is -0.812. The molecule has 0 spiro atoms. The molecule has 1 saturated heterocycles. The summed E-state index contributed by atoms with van der Waals surface area (Å²) in [7, 11) is 0. The number of hydrogen-bond acceptors (Lipinski definition) is 6. The Morgan fingerprint density at radius 1 is 1.58 bits per heavy atom. The number of anilines is 1. The van der Waals surface area contributed by atoms with Crippen molar-refractivity contribution in [3.05, 3.63) is 22.5 Å². The lowest BCUT2D eigenvalue weighted by Crippen LogP contribution is -2.36. The van der Waals surface area contributed by atoms with E-state index in [1.165, 1.54) is 0 Å². The van der Waals surface area contributed by atoms with Crippen molar-refractivity contribution in [2.45, 2.75) is 37.7 Å². The van der Waals surface area contributed by atoms with Gasteiger partial charge < -0.3 is 20.7 Å². The molecule has 0 aromatic carbocycles. The molecule has 4 N–H and O–H groups in total. The molecule has 19 heavy (non-hydrogen) atoms. The summed E-state index contributed by atoms with van der Waals surface area (Å²) in [5.41, 5.74) is 4.48. The van der Waals surface area contributed by atoms with Crippen LogP contribution in [0.15, 0.2) is 11.0 Å². The quantitative estimate of drug-likeness (QED) is 0.662. The lowest BCUT2D eigenvalue weighted by molar-refractivity contribution is -0.113. The van der Waals surface area contributed by atoms with Gasteiger partial charge in [0.1, 0.15) is 12.3 Å². The first kappa shape index (κ1) is 13.9. The molecule has 0 bridgehead atoms. The highest BCUT2D eigenvalue weighted by Gasteiger charge is 2.28. The van der Waals surface area contributed by atoms with Crippen molar-refractivity contribution in [1.82, 2.24) is 9.55 Å². The van der Waals surface area contributed by atoms with E-state index in [9.17, 15) is 14.3 Å². The fourth-order valence-electron chi connectivity index (χ4n) is 2.08. The van der Waals surface area contributed by atoms with Crippen molar-refractivity contribution in [2.75, 3.05) is 12.3 Å². The third-order valence-electron chi connectivity index (χ3n) is 3.14. The van der Waals surface area contributed by atoms with Gasteiger partial charge in [-0.15, -0.1) is 0 Å². The standard InChI is InChI=1S/C11H16FN3O4/c12-6-4-15(11(18)14-10(6)13)9-3-1-2-7(17)8(5-16)19-9/h4,7-9,16-17H,1-3,5H2,(H2,13,14,18)/t7-,8+,9+/m0/s1. The molecule has 1 fully saturated rings. The molecule has 1 aromatic rings. The first-order valence-electron chi connectivity index (χ1n) is 6.01. The van der Waals surface area contributed by atoms with Gasteiger partial charge in [-0.25, -0.2) is 9.18 Å². The minimum absolute atomic E-state index is 0.378. The highest BCUT2D eigenvalue weighted by molar-refractivity contribution is 5.26. The summed E-state index contributed by atoms with van der Waals surface area (Å²) >= 11 is 0. The highest BCUT2D eigenvalue weighted by Crippen LogP contribution is 2.25. The molecule has 1 aliphatic heterocycles. The zero-order chi connectivity index (χ0) is 14.0. The molecule has 0 amide bonds. The predicted octanol–water partition coefficient (Wildman–Crippen LogP) is -0.615. The van der Waals surface area contributed by atoms with E-state index in [1.54, 1.807) is 0 Å². The van der Waals surface area contributed by atoms with E-state index < -0.39 is 35.8 Å². The molecular formula is C11H16FN3O4. The Labute approximate surface area is 108 Å². The fourth-order valence-corrected chi connectivity index (χ4v) is 2.08. The summed E-state index contributed by atoms with van der Waals surface area (Å²) in [6.45, 7) is -0.378. The van der Waals surface area contributed by atoms with E-state index >= 15 is 0 Å². The molecule has 7 nitrogen and oxygen atoms in total. The Hall–Kier alpha value is -1.51. The molecule has 3 atom stereocenters. The van der Waals surface area contributed by atoms with Gasteiger partial charge >= 0.3 is 5.69 Å². The van der Waals surface area contributed by atoms with Crippen LogP contribution in [0, 0.1) is 5.82 Å². The van der Waals surface area contributed by atoms with Gasteiger partial charge in [0.25, 0.3) is 0 Å². The van der Waals surface area contributed by atoms with Crippen LogP contribution in [-0.2, 0) is 4.74 Å². The molecule has 2 heterocycles. The zero-order valence-electron chi connectivity index (χ0n) is 10.2. The van der Waals surface area contributed by atoms with Crippen LogP contribution in [0.4, 0.5) is 10.2 Å². The first-order chi connectivity index (χ1) is 9.02. The van der Waals surface area contributed by atoms with E-state index in [1.807, 2.05) is 0 Å². The summed E-state index contributed by atoms with van der Waals surface area (Å²) < 4.78 is 19.8. The number of aliphatic hydroxyl groups excluding tert-OH is 2. The Kier molecular flexibility index (Phi) is 4.13. The van der Waals surface area contributed by atoms with E-state index in [0.717, 1.165) is 10.8 Å². The summed E-state index contributed by atoms with van der Waals surface area (Å²) in [5, 5.41) is 18.8. The highest BCUT2D eigenvalue weighted by atomic mass is 19.1. The summed E-state index contributed by atoms with van der Waals surface area (Å²) in [6, 6.07) is 0. The van der Waals surface area contributed by atoms with Gasteiger partial charge in [0.2, 0.25) is 0 Å². The molecule has 0 aliphatic carbocycles. The summed E-state index contributed by atoms with van der Waals surface area (Å²) in [4.78, 5) is 15.0. The van der Waals surface area contributed by atoms with Gasteiger partial charge in [0.15, 0.2) is 11.6 Å². The number of aromatic nitrogens is 2. The van der Waals surface area contributed by atoms with Crippen molar-refractivity contribution >= 4 is 5.82 Å². The SMILES string of the molecule is Nc1nc(=O)n([C@H]2CCC[C@H](O)[C@@H](CO)O2)cc1F. The number of nitrogens with two attached hydrogens (primary N) is 1. The van der Waals surface area contributed by atoms with Crippen LogP contribution in [0.3, 0.4) is 0 Å². The van der Waals surface area contributed by atoms with E-state index in [-0.39, 0.29) is 6.61 Å². The Balaban J connectivity index is 2.30. The Bertz CT molecular complexity index is 507. The number of hydrogen-bond donors (Lipinski definition) is 3. The van der Waals surface area contributed by atoms with Crippen molar-refractivity contribution in [1.29, 1.82) is 0 Å². The third kappa shape index (κ3) is 2.91. The van der Waals surface area contributed by atoms with Gasteiger partial charge in [0.05, 0.1) is 18.9 Å². The second-order valence-corrected chi connectivity index (χ2v) is 4.47. The number of aliphatic hydroxyl groups is 2. The van der Waals surface area contributed by atoms with Crippen LogP contribution < -0.4 is 11.4 Å². The number of halogens is 1. The number of rotatable bonds is 2. The van der Waals surface area contributed by atoms with Gasteiger partial charge in [0, 0.05) is 0 Å². The number of nitrogen functional groups attached to an aromatic ring is 1. The Morgan fingerprint density at radius 2 is 2.32 bits per heavy atom. The molecule has 0 saturated carbocycles. The van der Waals surface area contributed by atoms with E-state index in [4.69, 9.17) is 15.6 Å². The van der Waals surface area contributed by atoms with Crippen LogP contribution in [0.1, 0.15) is 25.5 Å². The monoisotopic (exact) mass is 273 g/mol. The van der Waals surface area contributed by atoms with Gasteiger partial charge in [-0.05, 0) is 19.3 Å². The van der Waals surface area contributed by atoms with Crippen molar-refractivity contribution in [3.63, 3.8) is 0 Å². The smallest absolute Gasteiger partial charge is 0.351 e. The van der Waals surface area contributed by atoms with Crippen molar-refractivity contribution < 1.29 is 19.3 Å². The van der Waals surface area contributed by atoms with E-state index in [0.29, 0.717) is 19.3 Å². The molecule has 0 unspecified atom stereocenters. The molecular weight excluding hydrogens is 257 g/mol. The van der Waals surface area contributed by atoms with Crippen molar-refractivity contribution in [3.8, 4) is 0 Å². The van der Waals surface area contributed by atoms with Crippen LogP contribution in [0.2, 0.25) is 0 Å².